The Morgan fingerprint density at radius 1 is 1.33 bits per heavy atom. The first-order valence-corrected chi connectivity index (χ1v) is 5.93. The molecule has 1 N–H and O–H groups in total. The number of benzene rings is 1. The van der Waals surface area contributed by atoms with Gasteiger partial charge in [-0.25, -0.2) is 4.39 Å². The van der Waals surface area contributed by atoms with Gasteiger partial charge in [0, 0.05) is 13.5 Å². The SMILES string of the molecule is COc1ccc(CC(O)CC(C)(C)OC)cc1F. The standard InChI is InChI=1S/C14H21FO3/c1-14(2,18-4)9-11(16)7-10-5-6-13(17-3)12(15)8-10/h5-6,8,11,16H,7,9H2,1-4H3. The van der Waals surface area contributed by atoms with Gasteiger partial charge in [-0.3, -0.25) is 0 Å². The van der Waals surface area contributed by atoms with Gasteiger partial charge in [0.25, 0.3) is 0 Å². The zero-order valence-corrected chi connectivity index (χ0v) is 11.4. The van der Waals surface area contributed by atoms with E-state index in [2.05, 4.69) is 0 Å². The lowest BCUT2D eigenvalue weighted by molar-refractivity contribution is -0.0190. The van der Waals surface area contributed by atoms with E-state index >= 15 is 0 Å². The van der Waals surface area contributed by atoms with Gasteiger partial charge in [-0.2, -0.15) is 0 Å². The summed E-state index contributed by atoms with van der Waals surface area (Å²) in [7, 11) is 3.04. The maximum absolute atomic E-state index is 13.5. The molecule has 0 aliphatic rings. The topological polar surface area (TPSA) is 38.7 Å². The van der Waals surface area contributed by atoms with Crippen LogP contribution in [0, 0.1) is 5.82 Å². The summed E-state index contributed by atoms with van der Waals surface area (Å²) in [6.07, 6.45) is 0.331. The summed E-state index contributed by atoms with van der Waals surface area (Å²) in [4.78, 5) is 0. The zero-order valence-electron chi connectivity index (χ0n) is 11.4. The van der Waals surface area contributed by atoms with Gasteiger partial charge in [0.1, 0.15) is 0 Å². The first-order valence-electron chi connectivity index (χ1n) is 5.93. The molecule has 18 heavy (non-hydrogen) atoms. The van der Waals surface area contributed by atoms with Crippen molar-refractivity contribution in [2.24, 2.45) is 0 Å². The normalized spacial score (nSPS) is 13.4. The minimum Gasteiger partial charge on any atom is -0.494 e. The van der Waals surface area contributed by atoms with Crippen LogP contribution < -0.4 is 4.74 Å². The van der Waals surface area contributed by atoms with E-state index in [1.807, 2.05) is 13.8 Å². The van der Waals surface area contributed by atoms with Crippen LogP contribution in [0.3, 0.4) is 0 Å². The van der Waals surface area contributed by atoms with Gasteiger partial charge in [-0.05, 0) is 38.0 Å². The van der Waals surface area contributed by atoms with Crippen LogP contribution in [0.15, 0.2) is 18.2 Å². The average Bonchev–Trinajstić information content (AvgIpc) is 2.28. The number of halogens is 1. The largest absolute Gasteiger partial charge is 0.494 e. The molecule has 0 spiro atoms. The van der Waals surface area contributed by atoms with Crippen LogP contribution in [0.1, 0.15) is 25.8 Å². The van der Waals surface area contributed by atoms with Crippen LogP contribution in [0.4, 0.5) is 4.39 Å². The average molecular weight is 256 g/mol. The number of aliphatic hydroxyl groups is 1. The molecule has 0 bridgehead atoms. The molecule has 1 aromatic rings. The Morgan fingerprint density at radius 2 is 2.00 bits per heavy atom. The van der Waals surface area contributed by atoms with Crippen LogP contribution in [0.5, 0.6) is 5.75 Å². The van der Waals surface area contributed by atoms with Crippen molar-refractivity contribution in [1.82, 2.24) is 0 Å². The van der Waals surface area contributed by atoms with Crippen molar-refractivity contribution in [3.63, 3.8) is 0 Å². The molecule has 1 rings (SSSR count). The fourth-order valence-corrected chi connectivity index (χ4v) is 1.83. The lowest BCUT2D eigenvalue weighted by Crippen LogP contribution is -2.29. The maximum atomic E-state index is 13.5. The molecule has 0 fully saturated rings. The van der Waals surface area contributed by atoms with E-state index in [4.69, 9.17) is 9.47 Å². The smallest absolute Gasteiger partial charge is 0.165 e. The van der Waals surface area contributed by atoms with Crippen LogP contribution >= 0.6 is 0 Å². The number of ether oxygens (including phenoxy) is 2. The van der Waals surface area contributed by atoms with Crippen molar-refractivity contribution in [2.75, 3.05) is 14.2 Å². The Kier molecular flexibility index (Phi) is 5.11. The summed E-state index contributed by atoms with van der Waals surface area (Å²) in [5.74, 6) is -0.196. The van der Waals surface area contributed by atoms with Crippen molar-refractivity contribution < 1.29 is 19.0 Å². The summed E-state index contributed by atoms with van der Waals surface area (Å²) in [6.45, 7) is 3.82. The third-order valence-corrected chi connectivity index (χ3v) is 2.97. The Balaban J connectivity index is 2.65. The minimum absolute atomic E-state index is 0.213. The second kappa shape index (κ2) is 6.16. The molecule has 0 saturated heterocycles. The monoisotopic (exact) mass is 256 g/mol. The molecule has 0 heterocycles. The van der Waals surface area contributed by atoms with Gasteiger partial charge in [-0.15, -0.1) is 0 Å². The van der Waals surface area contributed by atoms with Crippen LogP contribution in [0.2, 0.25) is 0 Å². The highest BCUT2D eigenvalue weighted by Gasteiger charge is 2.21. The molecule has 0 aromatic heterocycles. The molecule has 0 amide bonds. The lowest BCUT2D eigenvalue weighted by Gasteiger charge is -2.25. The van der Waals surface area contributed by atoms with Gasteiger partial charge < -0.3 is 14.6 Å². The van der Waals surface area contributed by atoms with E-state index < -0.39 is 11.9 Å². The number of rotatable bonds is 6. The van der Waals surface area contributed by atoms with Crippen LogP contribution in [-0.4, -0.2) is 31.0 Å². The minimum atomic E-state index is -0.562. The number of methoxy groups -OCH3 is 2. The molecule has 4 heteroatoms. The van der Waals surface area contributed by atoms with Gasteiger partial charge in [0.2, 0.25) is 0 Å². The molecule has 1 unspecified atom stereocenters. The molecule has 0 saturated carbocycles. The first kappa shape index (κ1) is 14.9. The number of hydrogen-bond donors (Lipinski definition) is 1. The molecular weight excluding hydrogens is 235 g/mol. The Labute approximate surface area is 108 Å². The van der Waals surface area contributed by atoms with Crippen LogP contribution in [-0.2, 0) is 11.2 Å². The summed E-state index contributed by atoms with van der Waals surface area (Å²) < 4.78 is 23.6. The fraction of sp³-hybridized carbons (Fsp3) is 0.571. The molecule has 3 nitrogen and oxygen atoms in total. The predicted octanol–water partition coefficient (Wildman–Crippen LogP) is 2.55. The predicted molar refractivity (Wildman–Crippen MR) is 68.4 cm³/mol. The third-order valence-electron chi connectivity index (χ3n) is 2.97. The molecule has 0 aliphatic heterocycles. The zero-order chi connectivity index (χ0) is 13.8. The molecule has 1 aromatic carbocycles. The highest BCUT2D eigenvalue weighted by molar-refractivity contribution is 5.29. The number of aliphatic hydroxyl groups excluding tert-OH is 1. The number of hydrogen-bond acceptors (Lipinski definition) is 3. The maximum Gasteiger partial charge on any atom is 0.165 e. The third kappa shape index (κ3) is 4.27. The lowest BCUT2D eigenvalue weighted by atomic mass is 9.96. The molecule has 1 atom stereocenters. The molecule has 102 valence electrons. The summed E-state index contributed by atoms with van der Waals surface area (Å²) in [5.41, 5.74) is 0.359. The highest BCUT2D eigenvalue weighted by atomic mass is 19.1. The quantitative estimate of drug-likeness (QED) is 0.850. The molecule has 0 radical (unpaired) electrons. The van der Waals surface area contributed by atoms with Gasteiger partial charge in [0.05, 0.1) is 18.8 Å². The van der Waals surface area contributed by atoms with Crippen molar-refractivity contribution >= 4 is 0 Å². The second-order valence-corrected chi connectivity index (χ2v) is 4.99. The summed E-state index contributed by atoms with van der Waals surface area (Å²) in [5, 5.41) is 9.95. The summed E-state index contributed by atoms with van der Waals surface area (Å²) in [6, 6.07) is 4.71. The highest BCUT2D eigenvalue weighted by Crippen LogP contribution is 2.21. The van der Waals surface area contributed by atoms with E-state index in [9.17, 15) is 9.50 Å². The fourth-order valence-electron chi connectivity index (χ4n) is 1.83. The van der Waals surface area contributed by atoms with E-state index in [-0.39, 0.29) is 11.4 Å². The van der Waals surface area contributed by atoms with Crippen molar-refractivity contribution in [2.45, 2.75) is 38.4 Å². The Morgan fingerprint density at radius 3 is 2.50 bits per heavy atom. The van der Waals surface area contributed by atoms with Crippen molar-refractivity contribution in [3.8, 4) is 5.75 Å². The van der Waals surface area contributed by atoms with Gasteiger partial charge >= 0.3 is 0 Å². The first-order chi connectivity index (χ1) is 8.38. The summed E-state index contributed by atoms with van der Waals surface area (Å²) >= 11 is 0. The van der Waals surface area contributed by atoms with E-state index in [0.29, 0.717) is 12.8 Å². The van der Waals surface area contributed by atoms with Crippen molar-refractivity contribution in [3.05, 3.63) is 29.6 Å². The van der Waals surface area contributed by atoms with Gasteiger partial charge in [-0.1, -0.05) is 6.07 Å². The van der Waals surface area contributed by atoms with E-state index in [1.54, 1.807) is 19.2 Å². The van der Waals surface area contributed by atoms with Crippen molar-refractivity contribution in [1.29, 1.82) is 0 Å². The molecule has 0 aliphatic carbocycles. The Bertz CT molecular complexity index is 391. The van der Waals surface area contributed by atoms with Crippen LogP contribution in [0.25, 0.3) is 0 Å². The molecular formula is C14H21FO3. The Hall–Kier alpha value is -1.13. The van der Waals surface area contributed by atoms with Gasteiger partial charge in [0.15, 0.2) is 11.6 Å². The van der Waals surface area contributed by atoms with E-state index in [1.165, 1.54) is 13.2 Å². The van der Waals surface area contributed by atoms with E-state index in [0.717, 1.165) is 5.56 Å². The second-order valence-electron chi connectivity index (χ2n) is 4.99.